The normalized spacial score (nSPS) is 10.0. The number of rotatable bonds is 5. The van der Waals surface area contributed by atoms with Gasteiger partial charge >= 0.3 is 5.97 Å². The molecule has 0 spiro atoms. The standard InChI is InChI=1S/C12H13BrO4S/c1-4-17-12(15)10(14)7-5-8(13)11(16-2)9(6-7)18-3/h5-6H,4H2,1-3H3. The molecule has 0 amide bonds. The number of carbonyl (C=O) groups is 2. The Hall–Kier alpha value is -1.01. The zero-order chi connectivity index (χ0) is 13.7. The second-order valence-electron chi connectivity index (χ2n) is 3.24. The van der Waals surface area contributed by atoms with Crippen molar-refractivity contribution in [3.05, 3.63) is 22.2 Å². The first-order chi connectivity index (χ1) is 8.54. The van der Waals surface area contributed by atoms with Gasteiger partial charge in [0.15, 0.2) is 0 Å². The van der Waals surface area contributed by atoms with Crippen LogP contribution in [0.4, 0.5) is 0 Å². The van der Waals surface area contributed by atoms with Crippen LogP contribution < -0.4 is 4.74 Å². The van der Waals surface area contributed by atoms with E-state index in [9.17, 15) is 9.59 Å². The molecule has 1 rings (SSSR count). The lowest BCUT2D eigenvalue weighted by molar-refractivity contribution is -0.137. The van der Waals surface area contributed by atoms with Crippen LogP contribution in [0, 0.1) is 0 Å². The molecule has 4 nitrogen and oxygen atoms in total. The van der Waals surface area contributed by atoms with Crippen LogP contribution >= 0.6 is 27.7 Å². The van der Waals surface area contributed by atoms with Gasteiger partial charge in [0.25, 0.3) is 5.78 Å². The Morgan fingerprint density at radius 1 is 1.39 bits per heavy atom. The Kier molecular flexibility index (Phi) is 5.68. The van der Waals surface area contributed by atoms with E-state index in [2.05, 4.69) is 20.7 Å². The lowest BCUT2D eigenvalue weighted by Gasteiger charge is -2.10. The molecule has 0 heterocycles. The summed E-state index contributed by atoms with van der Waals surface area (Å²) in [6.45, 7) is 1.83. The van der Waals surface area contributed by atoms with Gasteiger partial charge < -0.3 is 9.47 Å². The van der Waals surface area contributed by atoms with Crippen molar-refractivity contribution in [3.63, 3.8) is 0 Å². The van der Waals surface area contributed by atoms with Crippen molar-refractivity contribution in [2.24, 2.45) is 0 Å². The molecule has 0 radical (unpaired) electrons. The lowest BCUT2D eigenvalue weighted by Crippen LogP contribution is -2.17. The minimum atomic E-state index is -0.846. The molecule has 0 saturated carbocycles. The van der Waals surface area contributed by atoms with Gasteiger partial charge in [-0.05, 0) is 41.2 Å². The number of methoxy groups -OCH3 is 1. The Balaban J connectivity index is 3.15. The van der Waals surface area contributed by atoms with Crippen molar-refractivity contribution in [2.75, 3.05) is 20.0 Å². The average Bonchev–Trinajstić information content (AvgIpc) is 2.36. The fraction of sp³-hybridized carbons (Fsp3) is 0.333. The van der Waals surface area contributed by atoms with E-state index in [0.29, 0.717) is 10.2 Å². The topological polar surface area (TPSA) is 52.6 Å². The first-order valence-corrected chi connectivity index (χ1v) is 7.19. The van der Waals surface area contributed by atoms with Crippen molar-refractivity contribution in [3.8, 4) is 5.75 Å². The molecule has 0 N–H and O–H groups in total. The molecule has 1 aromatic rings. The predicted octanol–water partition coefficient (Wildman–Crippen LogP) is 2.93. The highest BCUT2D eigenvalue weighted by Gasteiger charge is 2.20. The van der Waals surface area contributed by atoms with Crippen molar-refractivity contribution in [2.45, 2.75) is 11.8 Å². The van der Waals surface area contributed by atoms with Gasteiger partial charge in [0, 0.05) is 5.56 Å². The number of ether oxygens (including phenoxy) is 2. The Bertz CT molecular complexity index is 473. The molecular weight excluding hydrogens is 320 g/mol. The summed E-state index contributed by atoms with van der Waals surface area (Å²) in [7, 11) is 1.55. The van der Waals surface area contributed by atoms with E-state index in [1.807, 2.05) is 6.26 Å². The summed E-state index contributed by atoms with van der Waals surface area (Å²) in [5.41, 5.74) is 0.283. The Labute approximate surface area is 118 Å². The van der Waals surface area contributed by atoms with Gasteiger partial charge in [-0.3, -0.25) is 4.79 Å². The summed E-state index contributed by atoms with van der Waals surface area (Å²) in [6, 6.07) is 3.17. The summed E-state index contributed by atoms with van der Waals surface area (Å²) >= 11 is 4.74. The first kappa shape index (κ1) is 15.0. The van der Waals surface area contributed by atoms with Crippen molar-refractivity contribution >= 4 is 39.4 Å². The van der Waals surface area contributed by atoms with E-state index in [0.717, 1.165) is 4.90 Å². The monoisotopic (exact) mass is 332 g/mol. The Morgan fingerprint density at radius 3 is 2.56 bits per heavy atom. The molecule has 6 heteroatoms. The SMILES string of the molecule is CCOC(=O)C(=O)c1cc(Br)c(OC)c(SC)c1. The smallest absolute Gasteiger partial charge is 0.379 e. The molecule has 0 aromatic heterocycles. The number of benzene rings is 1. The number of Topliss-reactive ketones (excluding diaryl/α,β-unsaturated/α-hetero) is 1. The number of hydrogen-bond acceptors (Lipinski definition) is 5. The summed E-state index contributed by atoms with van der Waals surface area (Å²) in [5.74, 6) is -0.861. The molecule has 0 atom stereocenters. The molecule has 98 valence electrons. The van der Waals surface area contributed by atoms with Gasteiger partial charge in [-0.1, -0.05) is 0 Å². The molecule has 0 aliphatic rings. The zero-order valence-electron chi connectivity index (χ0n) is 10.3. The summed E-state index contributed by atoms with van der Waals surface area (Å²) in [5, 5.41) is 0. The molecular formula is C12H13BrO4S. The number of esters is 1. The third-order valence-electron chi connectivity index (χ3n) is 2.16. The number of ketones is 1. The largest absolute Gasteiger partial charge is 0.494 e. The van der Waals surface area contributed by atoms with Gasteiger partial charge in [0.1, 0.15) is 5.75 Å². The third-order valence-corrected chi connectivity index (χ3v) is 3.49. The fourth-order valence-corrected chi connectivity index (χ4v) is 2.74. The molecule has 0 saturated heterocycles. The van der Waals surface area contributed by atoms with E-state index < -0.39 is 11.8 Å². The third kappa shape index (κ3) is 3.26. The lowest BCUT2D eigenvalue weighted by atomic mass is 10.1. The predicted molar refractivity (Wildman–Crippen MR) is 73.4 cm³/mol. The van der Waals surface area contributed by atoms with Crippen LogP contribution in [0.1, 0.15) is 17.3 Å². The minimum absolute atomic E-state index is 0.178. The fourth-order valence-electron chi connectivity index (χ4n) is 1.36. The molecule has 0 bridgehead atoms. The molecule has 0 aliphatic carbocycles. The van der Waals surface area contributed by atoms with Crippen molar-refractivity contribution in [1.29, 1.82) is 0 Å². The van der Waals surface area contributed by atoms with Gasteiger partial charge in [0.2, 0.25) is 0 Å². The highest BCUT2D eigenvalue weighted by Crippen LogP contribution is 2.36. The quantitative estimate of drug-likeness (QED) is 0.359. The van der Waals surface area contributed by atoms with Crippen LogP contribution in [0.15, 0.2) is 21.5 Å². The highest BCUT2D eigenvalue weighted by atomic mass is 79.9. The van der Waals surface area contributed by atoms with Crippen LogP contribution in [0.5, 0.6) is 5.75 Å². The molecule has 0 aliphatic heterocycles. The second-order valence-corrected chi connectivity index (χ2v) is 4.95. The van der Waals surface area contributed by atoms with E-state index >= 15 is 0 Å². The number of hydrogen-bond donors (Lipinski definition) is 0. The van der Waals surface area contributed by atoms with E-state index in [4.69, 9.17) is 4.74 Å². The maximum absolute atomic E-state index is 11.8. The van der Waals surface area contributed by atoms with Gasteiger partial charge in [0.05, 0.1) is 23.1 Å². The van der Waals surface area contributed by atoms with Crippen LogP contribution in [0.3, 0.4) is 0 Å². The molecule has 18 heavy (non-hydrogen) atoms. The summed E-state index contributed by atoms with van der Waals surface area (Å²) in [4.78, 5) is 24.0. The second kappa shape index (κ2) is 6.80. The van der Waals surface area contributed by atoms with Gasteiger partial charge in [-0.15, -0.1) is 11.8 Å². The van der Waals surface area contributed by atoms with Crippen molar-refractivity contribution < 1.29 is 19.1 Å². The van der Waals surface area contributed by atoms with Crippen LogP contribution in [-0.4, -0.2) is 31.7 Å². The van der Waals surface area contributed by atoms with Crippen molar-refractivity contribution in [1.82, 2.24) is 0 Å². The highest BCUT2D eigenvalue weighted by molar-refractivity contribution is 9.10. The number of halogens is 1. The van der Waals surface area contributed by atoms with Crippen LogP contribution in [0.2, 0.25) is 0 Å². The van der Waals surface area contributed by atoms with E-state index in [1.54, 1.807) is 26.2 Å². The van der Waals surface area contributed by atoms with Gasteiger partial charge in [-0.25, -0.2) is 4.79 Å². The molecule has 0 fully saturated rings. The Morgan fingerprint density at radius 2 is 2.06 bits per heavy atom. The zero-order valence-corrected chi connectivity index (χ0v) is 12.7. The van der Waals surface area contributed by atoms with E-state index in [-0.39, 0.29) is 12.2 Å². The number of carbonyl (C=O) groups excluding carboxylic acids is 2. The summed E-state index contributed by atoms with van der Waals surface area (Å²) < 4.78 is 10.5. The minimum Gasteiger partial charge on any atom is -0.494 e. The maximum atomic E-state index is 11.8. The maximum Gasteiger partial charge on any atom is 0.379 e. The average molecular weight is 333 g/mol. The van der Waals surface area contributed by atoms with Crippen LogP contribution in [-0.2, 0) is 9.53 Å². The van der Waals surface area contributed by atoms with Gasteiger partial charge in [-0.2, -0.15) is 0 Å². The summed E-state index contributed by atoms with van der Waals surface area (Å²) in [6.07, 6.45) is 1.86. The van der Waals surface area contributed by atoms with E-state index in [1.165, 1.54) is 11.8 Å². The number of thioether (sulfide) groups is 1. The van der Waals surface area contributed by atoms with Crippen LogP contribution in [0.25, 0.3) is 0 Å². The molecule has 1 aromatic carbocycles. The molecule has 0 unspecified atom stereocenters. The first-order valence-electron chi connectivity index (χ1n) is 5.18.